The minimum Gasteiger partial charge on any atom is -0.310 e. The van der Waals surface area contributed by atoms with Crippen molar-refractivity contribution in [3.05, 3.63) is 12.2 Å². The van der Waals surface area contributed by atoms with Crippen LogP contribution in [0.2, 0.25) is 0 Å². The number of hydrogen-bond donors (Lipinski definition) is 1. The molecular formula is C16H29N. The first-order valence-electron chi connectivity index (χ1n) is 7.65. The van der Waals surface area contributed by atoms with Crippen molar-refractivity contribution < 1.29 is 0 Å². The Labute approximate surface area is 107 Å². The highest BCUT2D eigenvalue weighted by molar-refractivity contribution is 4.94. The topological polar surface area (TPSA) is 12.0 Å². The van der Waals surface area contributed by atoms with Crippen LogP contribution in [-0.4, -0.2) is 12.6 Å². The lowest BCUT2D eigenvalue weighted by molar-refractivity contribution is 0.152. The SMILES string of the molecule is C=C(C)CNC1CCCCC1C1CCCCC1. The van der Waals surface area contributed by atoms with E-state index in [1.165, 1.54) is 63.4 Å². The quantitative estimate of drug-likeness (QED) is 0.717. The van der Waals surface area contributed by atoms with E-state index >= 15 is 0 Å². The van der Waals surface area contributed by atoms with Crippen LogP contribution in [0.3, 0.4) is 0 Å². The van der Waals surface area contributed by atoms with Gasteiger partial charge in [0.1, 0.15) is 0 Å². The molecule has 2 aliphatic rings. The second-order valence-electron chi connectivity index (χ2n) is 6.29. The molecule has 0 heterocycles. The van der Waals surface area contributed by atoms with E-state index in [0.717, 1.165) is 24.4 Å². The van der Waals surface area contributed by atoms with Gasteiger partial charge in [0.15, 0.2) is 0 Å². The van der Waals surface area contributed by atoms with Crippen molar-refractivity contribution in [2.24, 2.45) is 11.8 Å². The molecule has 98 valence electrons. The van der Waals surface area contributed by atoms with Gasteiger partial charge in [-0.2, -0.15) is 0 Å². The molecule has 1 heteroatoms. The van der Waals surface area contributed by atoms with Gasteiger partial charge in [-0.05, 0) is 31.6 Å². The second-order valence-corrected chi connectivity index (χ2v) is 6.29. The van der Waals surface area contributed by atoms with E-state index in [1.807, 2.05) is 0 Å². The molecule has 2 fully saturated rings. The molecule has 2 unspecified atom stereocenters. The summed E-state index contributed by atoms with van der Waals surface area (Å²) in [6, 6.07) is 0.781. The van der Waals surface area contributed by atoms with Crippen LogP contribution in [0.15, 0.2) is 12.2 Å². The summed E-state index contributed by atoms with van der Waals surface area (Å²) >= 11 is 0. The summed E-state index contributed by atoms with van der Waals surface area (Å²) in [5.74, 6) is 1.98. The van der Waals surface area contributed by atoms with E-state index in [4.69, 9.17) is 0 Å². The summed E-state index contributed by atoms with van der Waals surface area (Å²) < 4.78 is 0. The lowest BCUT2D eigenvalue weighted by atomic mass is 9.71. The summed E-state index contributed by atoms with van der Waals surface area (Å²) in [5.41, 5.74) is 1.28. The molecule has 1 nitrogen and oxygen atoms in total. The average Bonchev–Trinajstić information content (AvgIpc) is 2.38. The molecule has 17 heavy (non-hydrogen) atoms. The molecule has 0 aromatic carbocycles. The van der Waals surface area contributed by atoms with Gasteiger partial charge in [0.05, 0.1) is 0 Å². The van der Waals surface area contributed by atoms with Crippen LogP contribution in [0.25, 0.3) is 0 Å². The first-order chi connectivity index (χ1) is 8.27. The van der Waals surface area contributed by atoms with Crippen LogP contribution in [0.4, 0.5) is 0 Å². The highest BCUT2D eigenvalue weighted by Crippen LogP contribution is 2.38. The molecule has 0 saturated heterocycles. The third kappa shape index (κ3) is 3.84. The molecule has 2 atom stereocenters. The van der Waals surface area contributed by atoms with Gasteiger partial charge in [-0.15, -0.1) is 0 Å². The fourth-order valence-corrected chi connectivity index (χ4v) is 3.84. The Kier molecular flexibility index (Phi) is 5.09. The normalized spacial score (nSPS) is 31.4. The molecule has 0 spiro atoms. The summed E-state index contributed by atoms with van der Waals surface area (Å²) in [4.78, 5) is 0. The largest absolute Gasteiger partial charge is 0.310 e. The summed E-state index contributed by atoms with van der Waals surface area (Å²) in [6.45, 7) is 7.17. The molecule has 2 aliphatic carbocycles. The van der Waals surface area contributed by atoms with Crippen LogP contribution >= 0.6 is 0 Å². The van der Waals surface area contributed by atoms with Gasteiger partial charge in [0, 0.05) is 12.6 Å². The van der Waals surface area contributed by atoms with Crippen LogP contribution in [0.1, 0.15) is 64.7 Å². The molecule has 2 saturated carbocycles. The van der Waals surface area contributed by atoms with E-state index in [0.29, 0.717) is 0 Å². The minimum atomic E-state index is 0.781. The molecule has 1 N–H and O–H groups in total. The maximum absolute atomic E-state index is 4.01. The molecule has 0 radical (unpaired) electrons. The highest BCUT2D eigenvalue weighted by atomic mass is 14.9. The van der Waals surface area contributed by atoms with Crippen molar-refractivity contribution in [3.63, 3.8) is 0 Å². The van der Waals surface area contributed by atoms with E-state index in [2.05, 4.69) is 18.8 Å². The van der Waals surface area contributed by atoms with Gasteiger partial charge < -0.3 is 5.32 Å². The third-order valence-electron chi connectivity index (χ3n) is 4.74. The third-order valence-corrected chi connectivity index (χ3v) is 4.74. The summed E-state index contributed by atoms with van der Waals surface area (Å²) in [5, 5.41) is 3.77. The molecule has 2 rings (SSSR count). The first-order valence-corrected chi connectivity index (χ1v) is 7.65. The van der Waals surface area contributed by atoms with Gasteiger partial charge in [-0.1, -0.05) is 57.1 Å². The zero-order valence-electron chi connectivity index (χ0n) is 11.5. The van der Waals surface area contributed by atoms with Gasteiger partial charge in [-0.3, -0.25) is 0 Å². The minimum absolute atomic E-state index is 0.781. The Morgan fingerprint density at radius 2 is 1.65 bits per heavy atom. The average molecular weight is 235 g/mol. The van der Waals surface area contributed by atoms with Crippen molar-refractivity contribution in [1.29, 1.82) is 0 Å². The number of hydrogen-bond acceptors (Lipinski definition) is 1. The smallest absolute Gasteiger partial charge is 0.0161 e. The van der Waals surface area contributed by atoms with Gasteiger partial charge in [-0.25, -0.2) is 0 Å². The molecule has 0 aromatic heterocycles. The molecule has 0 bridgehead atoms. The van der Waals surface area contributed by atoms with Gasteiger partial charge >= 0.3 is 0 Å². The Morgan fingerprint density at radius 1 is 1.00 bits per heavy atom. The number of rotatable bonds is 4. The Morgan fingerprint density at radius 3 is 2.35 bits per heavy atom. The Balaban J connectivity index is 1.88. The fourth-order valence-electron chi connectivity index (χ4n) is 3.84. The monoisotopic (exact) mass is 235 g/mol. The maximum atomic E-state index is 4.01. The predicted molar refractivity (Wildman–Crippen MR) is 75.1 cm³/mol. The summed E-state index contributed by atoms with van der Waals surface area (Å²) in [7, 11) is 0. The van der Waals surface area contributed by atoms with E-state index in [1.54, 1.807) is 0 Å². The fraction of sp³-hybridized carbons (Fsp3) is 0.875. The van der Waals surface area contributed by atoms with Gasteiger partial charge in [0.2, 0.25) is 0 Å². The van der Waals surface area contributed by atoms with Crippen molar-refractivity contribution >= 4 is 0 Å². The van der Waals surface area contributed by atoms with Crippen molar-refractivity contribution in [2.75, 3.05) is 6.54 Å². The molecule has 0 amide bonds. The van der Waals surface area contributed by atoms with Crippen LogP contribution < -0.4 is 5.32 Å². The Bertz CT molecular complexity index is 240. The molecular weight excluding hydrogens is 206 g/mol. The van der Waals surface area contributed by atoms with Crippen LogP contribution in [0.5, 0.6) is 0 Å². The molecule has 0 aromatic rings. The zero-order chi connectivity index (χ0) is 12.1. The second kappa shape index (κ2) is 6.58. The lowest BCUT2D eigenvalue weighted by Gasteiger charge is -2.39. The standard InChI is InChI=1S/C16H29N/c1-13(2)12-17-16-11-7-6-10-15(16)14-8-4-3-5-9-14/h14-17H,1,3-12H2,2H3. The Hall–Kier alpha value is -0.300. The molecule has 0 aliphatic heterocycles. The first kappa shape index (κ1) is 13.1. The highest BCUT2D eigenvalue weighted by Gasteiger charge is 2.31. The van der Waals surface area contributed by atoms with E-state index in [-0.39, 0.29) is 0 Å². The van der Waals surface area contributed by atoms with Gasteiger partial charge in [0.25, 0.3) is 0 Å². The van der Waals surface area contributed by atoms with Crippen molar-refractivity contribution in [1.82, 2.24) is 5.32 Å². The maximum Gasteiger partial charge on any atom is 0.0161 e. The zero-order valence-corrected chi connectivity index (χ0v) is 11.5. The summed E-state index contributed by atoms with van der Waals surface area (Å²) in [6.07, 6.45) is 13.2. The number of nitrogens with one attached hydrogen (secondary N) is 1. The van der Waals surface area contributed by atoms with Crippen molar-refractivity contribution in [2.45, 2.75) is 70.8 Å². The predicted octanol–water partition coefficient (Wildman–Crippen LogP) is 4.29. The van der Waals surface area contributed by atoms with E-state index in [9.17, 15) is 0 Å². The van der Waals surface area contributed by atoms with E-state index < -0.39 is 0 Å². The lowest BCUT2D eigenvalue weighted by Crippen LogP contribution is -2.43. The van der Waals surface area contributed by atoms with Crippen molar-refractivity contribution in [3.8, 4) is 0 Å². The van der Waals surface area contributed by atoms with Crippen LogP contribution in [-0.2, 0) is 0 Å². The van der Waals surface area contributed by atoms with Crippen LogP contribution in [0, 0.1) is 11.8 Å².